The van der Waals surface area contributed by atoms with Gasteiger partial charge in [-0.15, -0.1) is 0 Å². The minimum atomic E-state index is -3.66. The summed E-state index contributed by atoms with van der Waals surface area (Å²) in [6.07, 6.45) is 1.53. The molecule has 0 saturated carbocycles. The number of piperazine rings is 1. The molecule has 6 nitrogen and oxygen atoms in total. The third-order valence-electron chi connectivity index (χ3n) is 5.39. The SMILES string of the molecule is O=C(c1ccc(NS(=O)(=O)/C=C/c2ccccc2)cc1)N1CCN(c2ccccc2Cl)CC1. The molecule has 0 aliphatic carbocycles. The summed E-state index contributed by atoms with van der Waals surface area (Å²) in [5.74, 6) is -0.0767. The van der Waals surface area contributed by atoms with E-state index in [4.69, 9.17) is 11.6 Å². The molecule has 0 radical (unpaired) electrons. The van der Waals surface area contributed by atoms with Crippen molar-refractivity contribution in [1.29, 1.82) is 0 Å². The summed E-state index contributed by atoms with van der Waals surface area (Å²) in [4.78, 5) is 16.9. The van der Waals surface area contributed by atoms with Gasteiger partial charge in [0.25, 0.3) is 15.9 Å². The van der Waals surface area contributed by atoms with Crippen LogP contribution in [0.2, 0.25) is 5.02 Å². The first-order valence-corrected chi connectivity index (χ1v) is 12.5. The lowest BCUT2D eigenvalue weighted by Gasteiger charge is -2.36. The molecule has 1 heterocycles. The number of hydrogen-bond acceptors (Lipinski definition) is 4. The summed E-state index contributed by atoms with van der Waals surface area (Å²) in [7, 11) is -3.66. The Labute approximate surface area is 199 Å². The highest BCUT2D eigenvalue weighted by atomic mass is 35.5. The van der Waals surface area contributed by atoms with E-state index < -0.39 is 10.0 Å². The topological polar surface area (TPSA) is 69.7 Å². The number of amides is 1. The number of nitrogens with zero attached hydrogens (tertiary/aromatic N) is 2. The molecule has 1 fully saturated rings. The van der Waals surface area contributed by atoms with Crippen molar-refractivity contribution in [2.45, 2.75) is 0 Å². The highest BCUT2D eigenvalue weighted by Gasteiger charge is 2.23. The van der Waals surface area contributed by atoms with Crippen LogP contribution in [-0.2, 0) is 10.0 Å². The Morgan fingerprint density at radius 2 is 1.48 bits per heavy atom. The molecule has 0 bridgehead atoms. The molecule has 3 aromatic rings. The Hall–Kier alpha value is -3.29. The smallest absolute Gasteiger partial charge is 0.255 e. The molecule has 1 saturated heterocycles. The zero-order valence-electron chi connectivity index (χ0n) is 17.9. The monoisotopic (exact) mass is 481 g/mol. The maximum Gasteiger partial charge on any atom is 0.255 e. The largest absolute Gasteiger partial charge is 0.367 e. The Kier molecular flexibility index (Phi) is 7.01. The van der Waals surface area contributed by atoms with E-state index in [0.717, 1.165) is 16.7 Å². The van der Waals surface area contributed by atoms with Gasteiger partial charge in [0.15, 0.2) is 0 Å². The average molecular weight is 482 g/mol. The van der Waals surface area contributed by atoms with Gasteiger partial charge in [-0.25, -0.2) is 8.42 Å². The summed E-state index contributed by atoms with van der Waals surface area (Å²) < 4.78 is 27.2. The van der Waals surface area contributed by atoms with E-state index in [1.54, 1.807) is 29.2 Å². The summed E-state index contributed by atoms with van der Waals surface area (Å²) in [5.41, 5.74) is 2.68. The normalized spacial score (nSPS) is 14.5. The fraction of sp³-hybridized carbons (Fsp3) is 0.160. The number of hydrogen-bond donors (Lipinski definition) is 1. The molecule has 4 rings (SSSR count). The number of sulfonamides is 1. The molecule has 0 unspecified atom stereocenters. The first kappa shape index (κ1) is 22.9. The van der Waals surface area contributed by atoms with Crippen molar-refractivity contribution in [3.63, 3.8) is 0 Å². The predicted molar refractivity (Wildman–Crippen MR) is 134 cm³/mol. The van der Waals surface area contributed by atoms with Gasteiger partial charge in [0.2, 0.25) is 0 Å². The highest BCUT2D eigenvalue weighted by molar-refractivity contribution is 7.95. The van der Waals surface area contributed by atoms with Gasteiger partial charge in [-0.1, -0.05) is 54.1 Å². The second kappa shape index (κ2) is 10.1. The summed E-state index contributed by atoms with van der Waals surface area (Å²) in [5, 5.41) is 1.83. The van der Waals surface area contributed by atoms with E-state index in [1.165, 1.54) is 6.08 Å². The predicted octanol–water partition coefficient (Wildman–Crippen LogP) is 4.72. The minimum Gasteiger partial charge on any atom is -0.367 e. The van der Waals surface area contributed by atoms with Crippen LogP contribution >= 0.6 is 11.6 Å². The van der Waals surface area contributed by atoms with E-state index in [9.17, 15) is 13.2 Å². The van der Waals surface area contributed by atoms with Gasteiger partial charge >= 0.3 is 0 Å². The molecule has 33 heavy (non-hydrogen) atoms. The van der Waals surface area contributed by atoms with Gasteiger partial charge in [-0.2, -0.15) is 0 Å². The van der Waals surface area contributed by atoms with Gasteiger partial charge in [-0.05, 0) is 48.0 Å². The first-order valence-electron chi connectivity index (χ1n) is 10.6. The molecule has 1 aliphatic rings. The summed E-state index contributed by atoms with van der Waals surface area (Å²) >= 11 is 6.29. The minimum absolute atomic E-state index is 0.0767. The fourth-order valence-electron chi connectivity index (χ4n) is 3.65. The molecular formula is C25H24ClN3O3S. The zero-order valence-corrected chi connectivity index (χ0v) is 19.5. The van der Waals surface area contributed by atoms with Gasteiger partial charge < -0.3 is 9.80 Å². The Morgan fingerprint density at radius 3 is 2.15 bits per heavy atom. The molecule has 0 spiro atoms. The van der Waals surface area contributed by atoms with E-state index in [2.05, 4.69) is 9.62 Å². The molecule has 1 amide bonds. The number of nitrogens with one attached hydrogen (secondary N) is 1. The Bertz CT molecular complexity index is 1240. The molecule has 8 heteroatoms. The number of para-hydroxylation sites is 1. The molecular weight excluding hydrogens is 458 g/mol. The number of carbonyl (C=O) groups is 1. The second-order valence-electron chi connectivity index (χ2n) is 7.67. The van der Waals surface area contributed by atoms with E-state index in [0.29, 0.717) is 42.5 Å². The number of rotatable bonds is 6. The lowest BCUT2D eigenvalue weighted by molar-refractivity contribution is 0.0747. The van der Waals surface area contributed by atoms with Crippen LogP contribution in [0.25, 0.3) is 6.08 Å². The van der Waals surface area contributed by atoms with Crippen LogP contribution in [0, 0.1) is 0 Å². The van der Waals surface area contributed by atoms with Crippen LogP contribution in [0.15, 0.2) is 84.3 Å². The van der Waals surface area contributed by atoms with Crippen molar-refractivity contribution >= 4 is 45.0 Å². The average Bonchev–Trinajstić information content (AvgIpc) is 2.84. The quantitative estimate of drug-likeness (QED) is 0.553. The second-order valence-corrected chi connectivity index (χ2v) is 9.64. The number of benzene rings is 3. The zero-order chi connectivity index (χ0) is 23.3. The van der Waals surface area contributed by atoms with E-state index >= 15 is 0 Å². The van der Waals surface area contributed by atoms with Crippen LogP contribution in [0.5, 0.6) is 0 Å². The van der Waals surface area contributed by atoms with Crippen molar-refractivity contribution in [1.82, 2.24) is 4.90 Å². The number of anilines is 2. The Morgan fingerprint density at radius 1 is 0.848 bits per heavy atom. The van der Waals surface area contributed by atoms with Crippen molar-refractivity contribution in [3.05, 3.63) is 100 Å². The molecule has 1 aliphatic heterocycles. The van der Waals surface area contributed by atoms with E-state index in [1.807, 2.05) is 54.6 Å². The summed E-state index contributed by atoms with van der Waals surface area (Å²) in [6, 6.07) is 23.4. The van der Waals surface area contributed by atoms with Crippen molar-refractivity contribution in [2.75, 3.05) is 35.8 Å². The number of halogens is 1. The van der Waals surface area contributed by atoms with E-state index in [-0.39, 0.29) is 5.91 Å². The lowest BCUT2D eigenvalue weighted by atomic mass is 10.1. The van der Waals surface area contributed by atoms with Crippen LogP contribution in [-0.4, -0.2) is 45.4 Å². The maximum absolute atomic E-state index is 12.9. The van der Waals surface area contributed by atoms with Crippen LogP contribution in [0.4, 0.5) is 11.4 Å². The maximum atomic E-state index is 12.9. The van der Waals surface area contributed by atoms with Crippen molar-refractivity contribution < 1.29 is 13.2 Å². The number of carbonyl (C=O) groups excluding carboxylic acids is 1. The third kappa shape index (κ3) is 5.94. The van der Waals surface area contributed by atoms with Crippen LogP contribution < -0.4 is 9.62 Å². The van der Waals surface area contributed by atoms with Gasteiger partial charge in [0.1, 0.15) is 0 Å². The molecule has 0 aromatic heterocycles. The third-order valence-corrected chi connectivity index (χ3v) is 6.73. The first-order chi connectivity index (χ1) is 15.9. The van der Waals surface area contributed by atoms with Gasteiger partial charge in [0, 0.05) is 37.4 Å². The fourth-order valence-corrected chi connectivity index (χ4v) is 4.78. The molecule has 1 N–H and O–H groups in total. The standard InChI is InChI=1S/C25H24ClN3O3S/c26-23-8-4-5-9-24(23)28-15-17-29(18-16-28)25(30)21-10-12-22(13-11-21)27-33(31,32)19-14-20-6-2-1-3-7-20/h1-14,19,27H,15-18H2/b19-14+. The van der Waals surface area contributed by atoms with Crippen LogP contribution in [0.3, 0.4) is 0 Å². The molecule has 170 valence electrons. The van der Waals surface area contributed by atoms with Crippen LogP contribution in [0.1, 0.15) is 15.9 Å². The van der Waals surface area contributed by atoms with Gasteiger partial charge in [0.05, 0.1) is 16.1 Å². The molecule has 0 atom stereocenters. The van der Waals surface area contributed by atoms with Gasteiger partial charge in [-0.3, -0.25) is 9.52 Å². The highest BCUT2D eigenvalue weighted by Crippen LogP contribution is 2.26. The summed E-state index contributed by atoms with van der Waals surface area (Å²) in [6.45, 7) is 2.56. The lowest BCUT2D eigenvalue weighted by Crippen LogP contribution is -2.48. The van der Waals surface area contributed by atoms with Crippen molar-refractivity contribution in [2.24, 2.45) is 0 Å². The molecule has 3 aromatic carbocycles. The Balaban J connectivity index is 1.35. The van der Waals surface area contributed by atoms with Crippen molar-refractivity contribution in [3.8, 4) is 0 Å².